The maximum Gasteiger partial charge on any atom is 0.324 e. The summed E-state index contributed by atoms with van der Waals surface area (Å²) in [6, 6.07) is 16.1. The number of benzene rings is 2. The quantitative estimate of drug-likeness (QED) is 0.196. The maximum absolute atomic E-state index is 15.0. The second kappa shape index (κ2) is 11.4. The number of nitrogens with one attached hydrogen (secondary N) is 2. The van der Waals surface area contributed by atoms with Gasteiger partial charge in [0.2, 0.25) is 0 Å². The smallest absolute Gasteiger partial charge is 0.324 e. The van der Waals surface area contributed by atoms with Gasteiger partial charge in [-0.15, -0.1) is 0 Å². The third-order valence-electron chi connectivity index (χ3n) is 6.60. The first-order chi connectivity index (χ1) is 20.0. The Bertz CT molecular complexity index is 1790. The molecular weight excluding hydrogens is 535 g/mol. The monoisotopic (exact) mass is 566 g/mol. The van der Waals surface area contributed by atoms with Crippen molar-refractivity contribution in [1.29, 1.82) is 0 Å². The lowest BCUT2D eigenvalue weighted by Gasteiger charge is -2.15. The summed E-state index contributed by atoms with van der Waals surface area (Å²) in [7, 11) is 0. The molecule has 2 N–H and O–H groups in total. The summed E-state index contributed by atoms with van der Waals surface area (Å²) in [5.41, 5.74) is 3.39. The minimum Gasteiger partial charge on any atom is -0.457 e. The Morgan fingerprint density at radius 3 is 2.48 bits per heavy atom. The van der Waals surface area contributed by atoms with Gasteiger partial charge < -0.3 is 10.1 Å². The first-order valence-corrected chi connectivity index (χ1v) is 13.5. The van der Waals surface area contributed by atoms with Gasteiger partial charge in [-0.2, -0.15) is 5.10 Å². The van der Waals surface area contributed by atoms with Gasteiger partial charge in [0.25, 0.3) is 0 Å². The van der Waals surface area contributed by atoms with E-state index in [0.717, 1.165) is 33.9 Å². The summed E-state index contributed by atoms with van der Waals surface area (Å²) < 4.78 is 22.3. The van der Waals surface area contributed by atoms with E-state index in [1.807, 2.05) is 51.1 Å². The number of amides is 2. The summed E-state index contributed by atoms with van der Waals surface area (Å²) in [4.78, 5) is 32.5. The Balaban J connectivity index is 1.41. The average Bonchev–Trinajstić information content (AvgIpc) is 3.38. The van der Waals surface area contributed by atoms with Gasteiger partial charge in [0.15, 0.2) is 6.29 Å². The molecule has 10 heteroatoms. The van der Waals surface area contributed by atoms with E-state index in [1.165, 1.54) is 24.4 Å². The molecule has 0 aliphatic heterocycles. The second-order valence-corrected chi connectivity index (χ2v) is 11.2. The predicted octanol–water partition coefficient (Wildman–Crippen LogP) is 7.62. The van der Waals surface area contributed by atoms with Crippen molar-refractivity contribution >= 4 is 34.7 Å². The van der Waals surface area contributed by atoms with E-state index in [-0.39, 0.29) is 28.5 Å². The third-order valence-corrected chi connectivity index (χ3v) is 6.60. The number of carbonyl (C=O) groups is 2. The molecule has 0 spiro atoms. The number of hydrogen-bond donors (Lipinski definition) is 2. The van der Waals surface area contributed by atoms with Gasteiger partial charge in [-0.05, 0) is 47.9 Å². The zero-order chi connectivity index (χ0) is 30.0. The van der Waals surface area contributed by atoms with Crippen molar-refractivity contribution in [3.8, 4) is 17.2 Å². The number of pyridine rings is 2. The van der Waals surface area contributed by atoms with Crippen LogP contribution < -0.4 is 15.4 Å². The van der Waals surface area contributed by atoms with Crippen molar-refractivity contribution in [2.45, 2.75) is 46.0 Å². The molecular formula is C32H31FN6O3. The van der Waals surface area contributed by atoms with Gasteiger partial charge >= 0.3 is 6.03 Å². The molecule has 214 valence electrons. The molecule has 0 bridgehead atoms. The molecule has 0 aliphatic carbocycles. The molecule has 9 nitrogen and oxygen atoms in total. The Morgan fingerprint density at radius 2 is 1.76 bits per heavy atom. The molecule has 0 saturated heterocycles. The van der Waals surface area contributed by atoms with Crippen LogP contribution >= 0.6 is 0 Å². The van der Waals surface area contributed by atoms with Crippen molar-refractivity contribution in [2.75, 3.05) is 10.6 Å². The molecule has 0 radical (unpaired) electrons. The zero-order valence-corrected chi connectivity index (χ0v) is 24.0. The van der Waals surface area contributed by atoms with Crippen molar-refractivity contribution in [3.63, 3.8) is 0 Å². The Labute approximate surface area is 242 Å². The Kier molecular flexibility index (Phi) is 7.71. The number of halogens is 1. The van der Waals surface area contributed by atoms with E-state index in [0.29, 0.717) is 17.9 Å². The minimum atomic E-state index is -0.695. The van der Waals surface area contributed by atoms with Crippen LogP contribution in [-0.4, -0.2) is 32.1 Å². The number of hydrogen-bond acceptors (Lipinski definition) is 6. The second-order valence-electron chi connectivity index (χ2n) is 11.2. The van der Waals surface area contributed by atoms with Crippen LogP contribution in [0.2, 0.25) is 0 Å². The molecule has 42 heavy (non-hydrogen) atoms. The number of aromatic nitrogens is 4. The number of fused-ring (bicyclic) bond motifs is 1. The van der Waals surface area contributed by atoms with Gasteiger partial charge in [0, 0.05) is 41.4 Å². The van der Waals surface area contributed by atoms with Crippen LogP contribution in [0.15, 0.2) is 73.1 Å². The molecule has 3 aromatic heterocycles. The molecule has 0 fully saturated rings. The van der Waals surface area contributed by atoms with Gasteiger partial charge in [0.1, 0.15) is 28.8 Å². The predicted molar refractivity (Wildman–Crippen MR) is 160 cm³/mol. The number of ether oxygens (including phenoxy) is 1. The largest absolute Gasteiger partial charge is 0.457 e. The van der Waals surface area contributed by atoms with Crippen molar-refractivity contribution in [1.82, 2.24) is 19.7 Å². The summed E-state index contributed by atoms with van der Waals surface area (Å²) in [6.45, 7) is 10.3. The van der Waals surface area contributed by atoms with E-state index in [9.17, 15) is 14.0 Å². The SMILES string of the molecule is CC(C)c1cc(-n2nc(C(C)(C)C)cc2NC(=O)Nc2ccc(Oc3ccnc(C=O)c3)cc2F)cc2cccnc12. The number of urea groups is 1. The van der Waals surface area contributed by atoms with Gasteiger partial charge in [-0.3, -0.25) is 20.1 Å². The lowest BCUT2D eigenvalue weighted by atomic mass is 9.92. The highest BCUT2D eigenvalue weighted by Crippen LogP contribution is 2.31. The van der Waals surface area contributed by atoms with Crippen molar-refractivity contribution in [3.05, 3.63) is 95.8 Å². The van der Waals surface area contributed by atoms with Gasteiger partial charge in [-0.25, -0.2) is 13.9 Å². The van der Waals surface area contributed by atoms with Crippen LogP contribution in [-0.2, 0) is 5.41 Å². The number of anilines is 2. The highest BCUT2D eigenvalue weighted by atomic mass is 19.1. The topological polar surface area (TPSA) is 111 Å². The molecule has 0 aliphatic rings. The van der Waals surface area contributed by atoms with E-state index in [4.69, 9.17) is 9.84 Å². The number of aldehydes is 1. The highest BCUT2D eigenvalue weighted by Gasteiger charge is 2.23. The summed E-state index contributed by atoms with van der Waals surface area (Å²) >= 11 is 0. The zero-order valence-electron chi connectivity index (χ0n) is 24.0. The van der Waals surface area contributed by atoms with Crippen molar-refractivity contribution < 1.29 is 18.7 Å². The molecule has 0 saturated carbocycles. The lowest BCUT2D eigenvalue weighted by Crippen LogP contribution is -2.22. The van der Waals surface area contributed by atoms with E-state index >= 15 is 0 Å². The average molecular weight is 567 g/mol. The molecule has 0 unspecified atom stereocenters. The normalized spacial score (nSPS) is 11.5. The van der Waals surface area contributed by atoms with E-state index in [1.54, 1.807) is 16.9 Å². The Morgan fingerprint density at radius 1 is 0.976 bits per heavy atom. The van der Waals surface area contributed by atoms with Crippen LogP contribution in [0.1, 0.15) is 62.3 Å². The summed E-state index contributed by atoms with van der Waals surface area (Å²) in [6.07, 6.45) is 3.79. The van der Waals surface area contributed by atoms with Gasteiger partial charge in [-0.1, -0.05) is 40.7 Å². The molecule has 5 aromatic rings. The molecule has 0 atom stereocenters. The molecule has 5 rings (SSSR count). The third kappa shape index (κ3) is 6.12. The van der Waals surface area contributed by atoms with Gasteiger partial charge in [0.05, 0.1) is 22.6 Å². The standard InChI is InChI=1S/C32H31FN6O3/c1-19(2)25-15-22(13-20-7-6-11-35-30(20)25)39-29(17-28(38-39)32(3,4)5)37-31(41)36-27-9-8-23(16-26(27)33)42-24-10-12-34-21(14-24)18-40/h6-19H,1-5H3,(H2,36,37,41). The van der Waals surface area contributed by atoms with Crippen LogP contribution in [0.4, 0.5) is 20.7 Å². The molecule has 2 aromatic carbocycles. The summed E-state index contributed by atoms with van der Waals surface area (Å²) in [5.74, 6) is 0.471. The number of nitrogens with zero attached hydrogens (tertiary/aromatic N) is 4. The van der Waals surface area contributed by atoms with E-state index < -0.39 is 11.8 Å². The lowest BCUT2D eigenvalue weighted by molar-refractivity contribution is 0.111. The first kappa shape index (κ1) is 28.4. The van der Waals surface area contributed by atoms with Crippen molar-refractivity contribution in [2.24, 2.45) is 0 Å². The molecule has 3 heterocycles. The minimum absolute atomic E-state index is 0.0378. The summed E-state index contributed by atoms with van der Waals surface area (Å²) in [5, 5.41) is 11.2. The molecule has 2 amide bonds. The fourth-order valence-electron chi connectivity index (χ4n) is 4.42. The van der Waals surface area contributed by atoms with E-state index in [2.05, 4.69) is 34.4 Å². The van der Waals surface area contributed by atoms with Crippen LogP contribution in [0.3, 0.4) is 0 Å². The Hall–Kier alpha value is -5.12. The van der Waals surface area contributed by atoms with Crippen LogP contribution in [0.25, 0.3) is 16.6 Å². The fraction of sp³-hybridized carbons (Fsp3) is 0.219. The maximum atomic E-state index is 15.0. The van der Waals surface area contributed by atoms with Crippen LogP contribution in [0, 0.1) is 5.82 Å². The number of carbonyl (C=O) groups excluding carboxylic acids is 2. The fourth-order valence-corrected chi connectivity index (χ4v) is 4.42. The number of rotatable bonds is 7. The first-order valence-electron chi connectivity index (χ1n) is 13.5. The highest BCUT2D eigenvalue weighted by molar-refractivity contribution is 5.99. The van der Waals surface area contributed by atoms with Crippen LogP contribution in [0.5, 0.6) is 11.5 Å².